The van der Waals surface area contributed by atoms with Crippen molar-refractivity contribution in [3.05, 3.63) is 23.8 Å². The predicted octanol–water partition coefficient (Wildman–Crippen LogP) is 1.38. The van der Waals surface area contributed by atoms with E-state index < -0.39 is 17.8 Å². The molecule has 0 saturated heterocycles. The van der Waals surface area contributed by atoms with Gasteiger partial charge in [-0.1, -0.05) is 0 Å². The van der Waals surface area contributed by atoms with Crippen molar-refractivity contribution in [3.8, 4) is 11.5 Å². The zero-order valence-corrected chi connectivity index (χ0v) is 11.1. The Hall–Kier alpha value is -2.24. The molecule has 108 valence electrons. The highest BCUT2D eigenvalue weighted by atomic mass is 16.5. The predicted molar refractivity (Wildman–Crippen MR) is 70.9 cm³/mol. The van der Waals surface area contributed by atoms with Crippen molar-refractivity contribution in [1.29, 1.82) is 0 Å². The Morgan fingerprint density at radius 1 is 1.35 bits per heavy atom. The largest absolute Gasteiger partial charge is 0.507 e. The van der Waals surface area contributed by atoms with Crippen LogP contribution in [0, 0.1) is 5.92 Å². The lowest BCUT2D eigenvalue weighted by Crippen LogP contribution is -2.33. The van der Waals surface area contributed by atoms with Gasteiger partial charge in [0.25, 0.3) is 5.91 Å². The van der Waals surface area contributed by atoms with E-state index in [0.29, 0.717) is 25.0 Å². The number of amides is 1. The van der Waals surface area contributed by atoms with E-state index in [2.05, 4.69) is 5.32 Å². The van der Waals surface area contributed by atoms with Crippen LogP contribution >= 0.6 is 0 Å². The summed E-state index contributed by atoms with van der Waals surface area (Å²) in [5, 5.41) is 21.4. The maximum absolute atomic E-state index is 12.0. The molecule has 1 fully saturated rings. The molecule has 3 N–H and O–H groups in total. The first kappa shape index (κ1) is 14.2. The minimum absolute atomic E-state index is 0.157. The number of benzene rings is 1. The summed E-state index contributed by atoms with van der Waals surface area (Å²) in [5.74, 6) is -1.32. The van der Waals surface area contributed by atoms with E-state index in [9.17, 15) is 14.7 Å². The number of hydrogen-bond donors (Lipinski definition) is 3. The number of aromatic hydroxyl groups is 1. The lowest BCUT2D eigenvalue weighted by molar-refractivity contribution is -0.141. The van der Waals surface area contributed by atoms with Crippen molar-refractivity contribution >= 4 is 11.9 Å². The number of hydrogen-bond acceptors (Lipinski definition) is 4. The van der Waals surface area contributed by atoms with Crippen molar-refractivity contribution in [2.75, 3.05) is 7.11 Å². The maximum Gasteiger partial charge on any atom is 0.306 e. The van der Waals surface area contributed by atoms with E-state index in [4.69, 9.17) is 9.84 Å². The molecule has 20 heavy (non-hydrogen) atoms. The van der Waals surface area contributed by atoms with Crippen LogP contribution in [0.1, 0.15) is 29.6 Å². The van der Waals surface area contributed by atoms with Gasteiger partial charge in [0, 0.05) is 12.1 Å². The fourth-order valence-electron chi connectivity index (χ4n) is 2.43. The molecule has 0 aromatic heterocycles. The van der Waals surface area contributed by atoms with Crippen LogP contribution in [-0.2, 0) is 4.79 Å². The molecule has 6 nitrogen and oxygen atoms in total. The van der Waals surface area contributed by atoms with Crippen LogP contribution in [0.2, 0.25) is 0 Å². The number of phenols is 1. The topological polar surface area (TPSA) is 95.9 Å². The molecule has 1 saturated carbocycles. The molecule has 1 aliphatic rings. The number of carbonyl (C=O) groups is 2. The van der Waals surface area contributed by atoms with Crippen LogP contribution in [0.15, 0.2) is 18.2 Å². The van der Waals surface area contributed by atoms with Crippen LogP contribution in [-0.4, -0.2) is 35.2 Å². The van der Waals surface area contributed by atoms with E-state index in [1.165, 1.54) is 19.2 Å². The number of carboxylic acids is 1. The first-order chi connectivity index (χ1) is 9.51. The van der Waals surface area contributed by atoms with Crippen LogP contribution in [0.5, 0.6) is 11.5 Å². The summed E-state index contributed by atoms with van der Waals surface area (Å²) in [7, 11) is 1.47. The molecule has 1 aliphatic carbocycles. The average molecular weight is 279 g/mol. The van der Waals surface area contributed by atoms with Gasteiger partial charge < -0.3 is 20.3 Å². The first-order valence-corrected chi connectivity index (χ1v) is 6.42. The Morgan fingerprint density at radius 3 is 2.65 bits per heavy atom. The molecule has 2 atom stereocenters. The SMILES string of the molecule is COc1ccc(C(=O)N[C@H]2CC[C@@H](C(=O)O)C2)c(O)c1. The number of nitrogens with one attached hydrogen (secondary N) is 1. The molecular weight excluding hydrogens is 262 g/mol. The summed E-state index contributed by atoms with van der Waals surface area (Å²) in [5.41, 5.74) is 0.157. The standard InChI is InChI=1S/C14H17NO5/c1-20-10-4-5-11(12(16)7-10)13(17)15-9-3-2-8(6-9)14(18)19/h4-5,7-9,16H,2-3,6H2,1H3,(H,15,17)(H,18,19)/t8-,9+/m1/s1. The van der Waals surface area contributed by atoms with E-state index in [0.717, 1.165) is 0 Å². The number of rotatable bonds is 4. The third-order valence-electron chi connectivity index (χ3n) is 3.57. The lowest BCUT2D eigenvalue weighted by Gasteiger charge is -2.13. The van der Waals surface area contributed by atoms with Crippen LogP contribution in [0.3, 0.4) is 0 Å². The second kappa shape index (κ2) is 5.81. The number of carboxylic acid groups (broad SMARTS) is 1. The van der Waals surface area contributed by atoms with Crippen molar-refractivity contribution in [1.82, 2.24) is 5.32 Å². The van der Waals surface area contributed by atoms with Crippen LogP contribution < -0.4 is 10.1 Å². The minimum Gasteiger partial charge on any atom is -0.507 e. The lowest BCUT2D eigenvalue weighted by atomic mass is 10.1. The monoisotopic (exact) mass is 279 g/mol. The fraction of sp³-hybridized carbons (Fsp3) is 0.429. The number of methoxy groups -OCH3 is 1. The molecule has 0 spiro atoms. The van der Waals surface area contributed by atoms with Gasteiger partial charge in [0.15, 0.2) is 0 Å². The summed E-state index contributed by atoms with van der Waals surface area (Å²) in [6.07, 6.45) is 1.63. The Kier molecular flexibility index (Phi) is 4.12. The van der Waals surface area contributed by atoms with E-state index in [-0.39, 0.29) is 17.4 Å². The molecule has 2 rings (SSSR count). The molecule has 1 aromatic carbocycles. The Labute approximate surface area is 116 Å². The van der Waals surface area contributed by atoms with Crippen molar-refractivity contribution in [3.63, 3.8) is 0 Å². The zero-order chi connectivity index (χ0) is 14.7. The molecule has 0 radical (unpaired) electrons. The van der Waals surface area contributed by atoms with Gasteiger partial charge in [-0.15, -0.1) is 0 Å². The number of aliphatic carboxylic acids is 1. The number of carbonyl (C=O) groups excluding carboxylic acids is 1. The van der Waals surface area contributed by atoms with Gasteiger partial charge in [-0.3, -0.25) is 9.59 Å². The normalized spacial score (nSPS) is 21.4. The average Bonchev–Trinajstić information content (AvgIpc) is 2.87. The smallest absolute Gasteiger partial charge is 0.306 e. The van der Waals surface area contributed by atoms with Gasteiger partial charge >= 0.3 is 5.97 Å². The van der Waals surface area contributed by atoms with Gasteiger partial charge in [0.2, 0.25) is 0 Å². The molecule has 0 heterocycles. The first-order valence-electron chi connectivity index (χ1n) is 6.42. The Morgan fingerprint density at radius 2 is 2.10 bits per heavy atom. The molecule has 0 bridgehead atoms. The number of phenolic OH excluding ortho intramolecular Hbond substituents is 1. The highest BCUT2D eigenvalue weighted by molar-refractivity contribution is 5.97. The number of ether oxygens (including phenoxy) is 1. The van der Waals surface area contributed by atoms with Crippen molar-refractivity contribution in [2.24, 2.45) is 5.92 Å². The zero-order valence-electron chi connectivity index (χ0n) is 11.1. The molecular formula is C14H17NO5. The third kappa shape index (κ3) is 3.01. The van der Waals surface area contributed by atoms with Gasteiger partial charge in [-0.05, 0) is 31.4 Å². The van der Waals surface area contributed by atoms with Gasteiger partial charge in [-0.25, -0.2) is 0 Å². The molecule has 0 aliphatic heterocycles. The van der Waals surface area contributed by atoms with E-state index >= 15 is 0 Å². The van der Waals surface area contributed by atoms with Gasteiger partial charge in [0.1, 0.15) is 11.5 Å². The van der Waals surface area contributed by atoms with Crippen molar-refractivity contribution in [2.45, 2.75) is 25.3 Å². The summed E-state index contributed by atoms with van der Waals surface area (Å²) >= 11 is 0. The maximum atomic E-state index is 12.0. The minimum atomic E-state index is -0.825. The summed E-state index contributed by atoms with van der Waals surface area (Å²) in [6.45, 7) is 0. The highest BCUT2D eigenvalue weighted by Crippen LogP contribution is 2.27. The second-order valence-corrected chi connectivity index (χ2v) is 4.90. The van der Waals surface area contributed by atoms with Crippen molar-refractivity contribution < 1.29 is 24.5 Å². The van der Waals surface area contributed by atoms with Crippen LogP contribution in [0.4, 0.5) is 0 Å². The summed E-state index contributed by atoms with van der Waals surface area (Å²) in [6, 6.07) is 4.27. The Balaban J connectivity index is 2.01. The van der Waals surface area contributed by atoms with E-state index in [1.807, 2.05) is 0 Å². The third-order valence-corrected chi connectivity index (χ3v) is 3.57. The highest BCUT2D eigenvalue weighted by Gasteiger charge is 2.31. The Bertz CT molecular complexity index is 528. The van der Waals surface area contributed by atoms with E-state index in [1.54, 1.807) is 6.07 Å². The second-order valence-electron chi connectivity index (χ2n) is 4.90. The molecule has 1 amide bonds. The van der Waals surface area contributed by atoms with Crippen LogP contribution in [0.25, 0.3) is 0 Å². The van der Waals surface area contributed by atoms with Gasteiger partial charge in [0.05, 0.1) is 18.6 Å². The molecule has 0 unspecified atom stereocenters. The quantitative estimate of drug-likeness (QED) is 0.774. The molecule has 1 aromatic rings. The fourth-order valence-corrected chi connectivity index (χ4v) is 2.43. The molecule has 6 heteroatoms. The summed E-state index contributed by atoms with van der Waals surface area (Å²) in [4.78, 5) is 22.9. The van der Waals surface area contributed by atoms with Gasteiger partial charge in [-0.2, -0.15) is 0 Å². The summed E-state index contributed by atoms with van der Waals surface area (Å²) < 4.78 is 4.95.